The van der Waals surface area contributed by atoms with Crippen LogP contribution in [0.5, 0.6) is 0 Å². The molecule has 0 rings (SSSR count). The zero-order valence-electron chi connectivity index (χ0n) is 51.1. The fourth-order valence-electron chi connectivity index (χ4n) is 7.72. The lowest BCUT2D eigenvalue weighted by atomic mass is 10.1. The van der Waals surface area contributed by atoms with Crippen LogP contribution in [0.25, 0.3) is 0 Å². The number of allylic oxidation sites excluding steroid dienone is 26. The molecule has 0 fully saturated rings. The van der Waals surface area contributed by atoms with E-state index in [0.29, 0.717) is 25.7 Å². The molecule has 0 aliphatic rings. The number of aliphatic hydroxyl groups is 1. The summed E-state index contributed by atoms with van der Waals surface area (Å²) in [4.78, 5) is 48.7. The van der Waals surface area contributed by atoms with Crippen molar-refractivity contribution in [1.82, 2.24) is 0 Å². The SMILES string of the molecule is CC/C=C\C/C=C\C/C=C\C/C=C\C/C=C\CCCCCC(=O)OC(COC(=O)CCC/C=C\C/C=C\C/C=C\C/C=C\C/C=C\CC)COP(=O)(O)OCC(CO)OC(=O)CCCCCCCC/C=C\C/C=C\C/C=C\CCCCC. The Morgan fingerprint density at radius 1 is 0.354 bits per heavy atom. The lowest BCUT2D eigenvalue weighted by molar-refractivity contribution is -0.161. The molecule has 0 aromatic heterocycles. The average molecular weight is 1160 g/mol. The fourth-order valence-corrected chi connectivity index (χ4v) is 8.50. The average Bonchev–Trinajstić information content (AvgIpc) is 3.50. The van der Waals surface area contributed by atoms with Crippen molar-refractivity contribution in [2.75, 3.05) is 26.4 Å². The second-order valence-electron chi connectivity index (χ2n) is 20.1. The molecule has 0 spiro atoms. The van der Waals surface area contributed by atoms with Crippen molar-refractivity contribution < 1.29 is 52.2 Å². The molecule has 462 valence electrons. The molecular weight excluding hydrogens is 1050 g/mol. The Balaban J connectivity index is 4.86. The van der Waals surface area contributed by atoms with Gasteiger partial charge in [0.2, 0.25) is 0 Å². The third-order valence-electron chi connectivity index (χ3n) is 12.4. The minimum atomic E-state index is -4.79. The normalized spacial score (nSPS) is 14.4. The summed E-state index contributed by atoms with van der Waals surface area (Å²) in [6.07, 6.45) is 82.0. The highest BCUT2D eigenvalue weighted by molar-refractivity contribution is 7.47. The number of phosphoric ester groups is 1. The minimum absolute atomic E-state index is 0.106. The van der Waals surface area contributed by atoms with Crippen LogP contribution in [0.1, 0.15) is 226 Å². The Morgan fingerprint density at radius 2 is 0.646 bits per heavy atom. The van der Waals surface area contributed by atoms with Gasteiger partial charge >= 0.3 is 25.7 Å². The number of hydrogen-bond donors (Lipinski definition) is 2. The first-order valence-electron chi connectivity index (χ1n) is 31.4. The first kappa shape index (κ1) is 77.1. The number of rotatable bonds is 56. The van der Waals surface area contributed by atoms with Gasteiger partial charge in [-0.25, -0.2) is 4.57 Å². The summed E-state index contributed by atoms with van der Waals surface area (Å²) in [6.45, 7) is 4.26. The monoisotopic (exact) mass is 1160 g/mol. The van der Waals surface area contributed by atoms with Crippen LogP contribution >= 0.6 is 7.82 Å². The molecular formula is C70H111O11P. The number of hydrogen-bond acceptors (Lipinski definition) is 10. The van der Waals surface area contributed by atoms with E-state index in [1.807, 2.05) is 6.08 Å². The minimum Gasteiger partial charge on any atom is -0.462 e. The van der Waals surface area contributed by atoms with Gasteiger partial charge in [-0.1, -0.05) is 224 Å². The molecule has 11 nitrogen and oxygen atoms in total. The van der Waals surface area contributed by atoms with E-state index < -0.39 is 57.8 Å². The van der Waals surface area contributed by atoms with E-state index in [9.17, 15) is 28.9 Å². The van der Waals surface area contributed by atoms with E-state index in [1.54, 1.807) is 0 Å². The van der Waals surface area contributed by atoms with E-state index in [1.165, 1.54) is 25.7 Å². The topological polar surface area (TPSA) is 155 Å². The molecule has 0 aliphatic heterocycles. The summed E-state index contributed by atoms with van der Waals surface area (Å²) < 4.78 is 39.6. The molecule has 82 heavy (non-hydrogen) atoms. The first-order chi connectivity index (χ1) is 40.2. The molecule has 0 saturated heterocycles. The number of unbranched alkanes of at least 4 members (excludes halogenated alkanes) is 13. The molecule has 0 amide bonds. The van der Waals surface area contributed by atoms with Crippen molar-refractivity contribution >= 4 is 25.7 Å². The van der Waals surface area contributed by atoms with Gasteiger partial charge in [0.1, 0.15) is 12.7 Å². The van der Waals surface area contributed by atoms with Crippen molar-refractivity contribution in [2.24, 2.45) is 0 Å². The summed E-state index contributed by atoms with van der Waals surface area (Å²) in [7, 11) is -4.79. The van der Waals surface area contributed by atoms with E-state index in [0.717, 1.165) is 135 Å². The molecule has 0 bridgehead atoms. The third kappa shape index (κ3) is 59.7. The molecule has 0 heterocycles. The quantitative estimate of drug-likeness (QED) is 0.0197. The highest BCUT2D eigenvalue weighted by Crippen LogP contribution is 2.43. The van der Waals surface area contributed by atoms with Crippen LogP contribution < -0.4 is 0 Å². The fraction of sp³-hybridized carbons (Fsp3) is 0.586. The van der Waals surface area contributed by atoms with Gasteiger partial charge in [-0.3, -0.25) is 23.4 Å². The summed E-state index contributed by atoms with van der Waals surface area (Å²) in [5.41, 5.74) is 0. The number of carbonyl (C=O) groups is 3. The van der Waals surface area contributed by atoms with Crippen LogP contribution in [0, 0.1) is 0 Å². The Hall–Kier alpha value is -4.90. The molecule has 2 N–H and O–H groups in total. The largest absolute Gasteiger partial charge is 0.472 e. The molecule has 12 heteroatoms. The van der Waals surface area contributed by atoms with Crippen molar-refractivity contribution in [3.05, 3.63) is 158 Å². The van der Waals surface area contributed by atoms with Gasteiger partial charge in [-0.2, -0.15) is 0 Å². The van der Waals surface area contributed by atoms with Crippen molar-refractivity contribution in [2.45, 2.75) is 238 Å². The second kappa shape index (κ2) is 62.2. The molecule has 0 radical (unpaired) electrons. The Morgan fingerprint density at radius 3 is 1.02 bits per heavy atom. The Kier molecular flexibility index (Phi) is 58.4. The maximum Gasteiger partial charge on any atom is 0.472 e. The van der Waals surface area contributed by atoms with Crippen LogP contribution in [0.2, 0.25) is 0 Å². The predicted octanol–water partition coefficient (Wildman–Crippen LogP) is 19.3. The highest BCUT2D eigenvalue weighted by atomic mass is 31.2. The number of ether oxygens (including phenoxy) is 3. The maximum absolute atomic E-state index is 13.0. The van der Waals surface area contributed by atoms with E-state index in [2.05, 4.69) is 173 Å². The lowest BCUT2D eigenvalue weighted by Crippen LogP contribution is -2.30. The van der Waals surface area contributed by atoms with Gasteiger partial charge in [0, 0.05) is 19.3 Å². The Bertz CT molecular complexity index is 1980. The predicted molar refractivity (Wildman–Crippen MR) is 343 cm³/mol. The van der Waals surface area contributed by atoms with Crippen LogP contribution in [0.15, 0.2) is 158 Å². The van der Waals surface area contributed by atoms with Gasteiger partial charge in [0.05, 0.1) is 19.8 Å². The summed E-state index contributed by atoms with van der Waals surface area (Å²) in [5, 5.41) is 9.86. The van der Waals surface area contributed by atoms with Crippen LogP contribution in [-0.4, -0.2) is 66.5 Å². The molecule has 3 unspecified atom stereocenters. The van der Waals surface area contributed by atoms with Crippen molar-refractivity contribution in [3.8, 4) is 0 Å². The molecule has 0 aromatic rings. The van der Waals surface area contributed by atoms with Crippen LogP contribution in [0.3, 0.4) is 0 Å². The molecule has 3 atom stereocenters. The Labute approximate surface area is 498 Å². The number of phosphoric acid groups is 1. The van der Waals surface area contributed by atoms with Gasteiger partial charge in [-0.05, 0) is 141 Å². The van der Waals surface area contributed by atoms with Crippen molar-refractivity contribution in [3.63, 3.8) is 0 Å². The maximum atomic E-state index is 13.0. The zero-order valence-corrected chi connectivity index (χ0v) is 52.0. The van der Waals surface area contributed by atoms with Gasteiger partial charge in [0.25, 0.3) is 0 Å². The first-order valence-corrected chi connectivity index (χ1v) is 32.9. The number of aliphatic hydroxyl groups excluding tert-OH is 1. The molecule has 0 saturated carbocycles. The van der Waals surface area contributed by atoms with Gasteiger partial charge in [0.15, 0.2) is 6.10 Å². The summed E-state index contributed by atoms with van der Waals surface area (Å²) in [6, 6.07) is 0. The van der Waals surface area contributed by atoms with Gasteiger partial charge < -0.3 is 24.2 Å². The molecule has 0 aromatic carbocycles. The number of esters is 3. The third-order valence-corrected chi connectivity index (χ3v) is 13.4. The smallest absolute Gasteiger partial charge is 0.462 e. The van der Waals surface area contributed by atoms with E-state index >= 15 is 0 Å². The van der Waals surface area contributed by atoms with E-state index in [4.69, 9.17) is 23.3 Å². The van der Waals surface area contributed by atoms with Crippen molar-refractivity contribution in [1.29, 1.82) is 0 Å². The second-order valence-corrected chi connectivity index (χ2v) is 21.6. The zero-order chi connectivity index (χ0) is 59.8. The van der Waals surface area contributed by atoms with Crippen LogP contribution in [-0.2, 0) is 42.2 Å². The highest BCUT2D eigenvalue weighted by Gasteiger charge is 2.28. The summed E-state index contributed by atoms with van der Waals surface area (Å²) in [5.74, 6) is -1.61. The van der Waals surface area contributed by atoms with E-state index in [-0.39, 0.29) is 25.9 Å². The van der Waals surface area contributed by atoms with Gasteiger partial charge in [-0.15, -0.1) is 0 Å². The number of carbonyl (C=O) groups excluding carboxylic acids is 3. The molecule has 0 aliphatic carbocycles. The summed E-state index contributed by atoms with van der Waals surface area (Å²) >= 11 is 0. The standard InChI is InChI=1S/C70H111O11P/c1-4-7-10-13-16-19-22-25-28-31-33-36-39-42-45-48-51-54-57-60-69(73)80-66(62-71)64-78-82(75,76)79-65-67(63-77-68(72)59-56-53-50-47-44-41-38-35-30-27-24-21-18-15-12-9-6-3)81-70(74)61-58-55-52-49-46-43-40-37-34-32-29-26-23-20-17-14-11-8-5-2/h8-9,11-12,16-21,25-30,33-34,36-38,41,43,46-47,50,66-67,71H,4-7,10,13-15,22-24,31-32,35,39-40,42,44-45,48-49,51-65H2,1-3H3,(H,75,76)/b11-8-,12-9-,19-16-,20-17-,21-18-,28-25-,29-26-,30-27-,36-33-,37-34-,41-38-,46-43-,50-47-. The van der Waals surface area contributed by atoms with Crippen LogP contribution in [0.4, 0.5) is 0 Å². The lowest BCUT2D eigenvalue weighted by Gasteiger charge is -2.21.